The largest absolute Gasteiger partial charge is 0.478 e. The Bertz CT molecular complexity index is 529. The number of hydrogen-bond acceptors (Lipinski definition) is 2. The smallest absolute Gasteiger partial charge is 0.333 e. The van der Waals surface area contributed by atoms with Crippen LogP contribution in [0.3, 0.4) is 0 Å². The lowest BCUT2D eigenvalue weighted by atomic mass is 9.95. The van der Waals surface area contributed by atoms with Crippen LogP contribution in [0.1, 0.15) is 11.1 Å². The number of allylic oxidation sites excluding steroid dienone is 1. The molecule has 0 aromatic heterocycles. The molecule has 16 heavy (non-hydrogen) atoms. The van der Waals surface area contributed by atoms with E-state index in [-0.39, 0.29) is 0 Å². The van der Waals surface area contributed by atoms with E-state index in [1.807, 2.05) is 23.2 Å². The van der Waals surface area contributed by atoms with Crippen molar-refractivity contribution in [3.63, 3.8) is 0 Å². The Morgan fingerprint density at radius 3 is 3.06 bits per heavy atom. The molecule has 3 heteroatoms. The van der Waals surface area contributed by atoms with E-state index in [0.29, 0.717) is 12.1 Å². The number of hydrogen-bond donors (Lipinski definition) is 1. The van der Waals surface area contributed by atoms with Gasteiger partial charge in [0.1, 0.15) is 0 Å². The Morgan fingerprint density at radius 2 is 2.25 bits per heavy atom. The Kier molecular flexibility index (Phi) is 1.86. The van der Waals surface area contributed by atoms with Crippen LogP contribution in [0.2, 0.25) is 0 Å². The summed E-state index contributed by atoms with van der Waals surface area (Å²) in [5, 5.41) is 9.05. The van der Waals surface area contributed by atoms with Gasteiger partial charge in [-0.05, 0) is 23.6 Å². The van der Waals surface area contributed by atoms with Gasteiger partial charge in [-0.15, -0.1) is 0 Å². The quantitative estimate of drug-likeness (QED) is 0.776. The normalized spacial score (nSPS) is 16.8. The molecule has 3 rings (SSSR count). The van der Waals surface area contributed by atoms with Crippen LogP contribution in [-0.4, -0.2) is 17.6 Å². The molecule has 0 saturated heterocycles. The van der Waals surface area contributed by atoms with Gasteiger partial charge in [-0.25, -0.2) is 4.79 Å². The molecule has 2 heterocycles. The fraction of sp³-hybridized carbons (Fsp3) is 0.154. The molecule has 0 spiro atoms. The lowest BCUT2D eigenvalue weighted by Crippen LogP contribution is -2.28. The van der Waals surface area contributed by atoms with Gasteiger partial charge in [0, 0.05) is 6.20 Å². The van der Waals surface area contributed by atoms with Gasteiger partial charge in [0.2, 0.25) is 0 Å². The minimum Gasteiger partial charge on any atom is -0.478 e. The summed E-state index contributed by atoms with van der Waals surface area (Å²) in [5.41, 5.74) is 3.87. The molecule has 0 amide bonds. The molecule has 3 nitrogen and oxygen atoms in total. The van der Waals surface area contributed by atoms with Crippen molar-refractivity contribution in [2.24, 2.45) is 0 Å². The van der Waals surface area contributed by atoms with Crippen molar-refractivity contribution in [3.8, 4) is 0 Å². The van der Waals surface area contributed by atoms with Gasteiger partial charge in [-0.3, -0.25) is 0 Å². The van der Waals surface area contributed by atoms with Gasteiger partial charge in [0.05, 0.1) is 17.8 Å². The maximum atomic E-state index is 11.0. The minimum absolute atomic E-state index is 0.441. The molecule has 0 saturated carbocycles. The fourth-order valence-electron chi connectivity index (χ4n) is 2.30. The molecule has 0 radical (unpaired) electrons. The predicted molar refractivity (Wildman–Crippen MR) is 62.2 cm³/mol. The van der Waals surface area contributed by atoms with Crippen LogP contribution in [0.4, 0.5) is 5.69 Å². The molecule has 1 aromatic carbocycles. The summed E-state index contributed by atoms with van der Waals surface area (Å²) in [6.45, 7) is 0.454. The topological polar surface area (TPSA) is 40.5 Å². The van der Waals surface area contributed by atoms with E-state index < -0.39 is 5.97 Å². The van der Waals surface area contributed by atoms with E-state index in [1.54, 1.807) is 6.08 Å². The van der Waals surface area contributed by atoms with Gasteiger partial charge in [0.25, 0.3) is 0 Å². The molecule has 80 valence electrons. The van der Waals surface area contributed by atoms with E-state index in [1.165, 1.54) is 5.56 Å². The highest BCUT2D eigenvalue weighted by atomic mass is 16.4. The van der Waals surface area contributed by atoms with Crippen LogP contribution in [-0.2, 0) is 11.2 Å². The number of rotatable bonds is 1. The van der Waals surface area contributed by atoms with Crippen LogP contribution < -0.4 is 4.90 Å². The van der Waals surface area contributed by atoms with Crippen LogP contribution >= 0.6 is 0 Å². The fourth-order valence-corrected chi connectivity index (χ4v) is 2.30. The lowest BCUT2D eigenvalue weighted by molar-refractivity contribution is -0.132. The zero-order valence-electron chi connectivity index (χ0n) is 8.68. The van der Waals surface area contributed by atoms with Crippen molar-refractivity contribution >= 4 is 17.7 Å². The first-order valence-corrected chi connectivity index (χ1v) is 5.25. The molecule has 0 fully saturated rings. The van der Waals surface area contributed by atoms with Gasteiger partial charge in [-0.2, -0.15) is 0 Å². The van der Waals surface area contributed by atoms with Crippen LogP contribution in [0.25, 0.3) is 6.08 Å². The first kappa shape index (κ1) is 9.21. The number of anilines is 1. The average Bonchev–Trinajstić information content (AvgIpc) is 2.29. The number of benzene rings is 1. The number of nitrogens with zero attached hydrogens (tertiary/aromatic N) is 1. The van der Waals surface area contributed by atoms with E-state index >= 15 is 0 Å². The predicted octanol–water partition coefficient (Wildman–Crippen LogP) is 2.04. The molecule has 0 bridgehead atoms. The summed E-state index contributed by atoms with van der Waals surface area (Å²) >= 11 is 0. The Morgan fingerprint density at radius 1 is 1.38 bits per heavy atom. The lowest BCUT2D eigenvalue weighted by Gasteiger charge is -2.31. The number of para-hydroxylation sites is 1. The molecule has 2 aliphatic heterocycles. The minimum atomic E-state index is -0.838. The molecule has 0 unspecified atom stereocenters. The zero-order valence-corrected chi connectivity index (χ0v) is 8.68. The highest BCUT2D eigenvalue weighted by Crippen LogP contribution is 2.35. The third-order valence-corrected chi connectivity index (χ3v) is 3.01. The highest BCUT2D eigenvalue weighted by molar-refractivity contribution is 5.97. The van der Waals surface area contributed by atoms with Crippen molar-refractivity contribution in [2.45, 2.75) is 6.42 Å². The highest BCUT2D eigenvalue weighted by Gasteiger charge is 2.23. The van der Waals surface area contributed by atoms with E-state index in [0.717, 1.165) is 17.7 Å². The first-order chi connectivity index (χ1) is 7.75. The Labute approximate surface area is 93.3 Å². The summed E-state index contributed by atoms with van der Waals surface area (Å²) in [4.78, 5) is 13.0. The third-order valence-electron chi connectivity index (χ3n) is 3.01. The second kappa shape index (κ2) is 3.23. The number of carbonyl (C=O) groups is 1. The van der Waals surface area contributed by atoms with Gasteiger partial charge < -0.3 is 10.0 Å². The van der Waals surface area contributed by atoms with E-state index in [9.17, 15) is 4.79 Å². The van der Waals surface area contributed by atoms with E-state index in [2.05, 4.69) is 12.1 Å². The van der Waals surface area contributed by atoms with Crippen molar-refractivity contribution in [2.75, 3.05) is 11.4 Å². The Hall–Kier alpha value is -2.03. The van der Waals surface area contributed by atoms with Crippen molar-refractivity contribution in [1.82, 2.24) is 0 Å². The summed E-state index contributed by atoms with van der Waals surface area (Å²) in [6.07, 6.45) is 6.74. The second-order valence-electron chi connectivity index (χ2n) is 4.05. The van der Waals surface area contributed by atoms with Gasteiger partial charge in [-0.1, -0.05) is 24.3 Å². The molecule has 1 aromatic rings. The summed E-state index contributed by atoms with van der Waals surface area (Å²) in [5.74, 6) is -0.838. The molecular formula is C13H11NO2. The zero-order chi connectivity index (χ0) is 11.1. The number of aliphatic carboxylic acids is 1. The summed E-state index contributed by atoms with van der Waals surface area (Å²) < 4.78 is 0. The molecule has 0 aliphatic carbocycles. The third kappa shape index (κ3) is 1.25. The maximum absolute atomic E-state index is 11.0. The standard InChI is InChI=1S/C13H11NO2/c15-13(16)11-7-10-4-1-3-9-5-2-6-14(8-11)12(9)10/h1-4,6-7H,5,8H2,(H,15,16). The van der Waals surface area contributed by atoms with Crippen LogP contribution in [0.15, 0.2) is 36.0 Å². The SMILES string of the molecule is O=C(O)C1=Cc2cccc3c2N(C=CC3)C1. The molecule has 2 aliphatic rings. The van der Waals surface area contributed by atoms with Crippen molar-refractivity contribution in [3.05, 3.63) is 47.2 Å². The summed E-state index contributed by atoms with van der Waals surface area (Å²) in [6, 6.07) is 6.04. The van der Waals surface area contributed by atoms with Crippen LogP contribution in [0, 0.1) is 0 Å². The van der Waals surface area contributed by atoms with Gasteiger partial charge in [0.15, 0.2) is 0 Å². The number of carboxylic acid groups (broad SMARTS) is 1. The summed E-state index contributed by atoms with van der Waals surface area (Å²) in [7, 11) is 0. The van der Waals surface area contributed by atoms with Crippen LogP contribution in [0.5, 0.6) is 0 Å². The molecule has 1 N–H and O–H groups in total. The van der Waals surface area contributed by atoms with Crippen molar-refractivity contribution < 1.29 is 9.90 Å². The first-order valence-electron chi connectivity index (χ1n) is 5.25. The molecule has 0 atom stereocenters. The van der Waals surface area contributed by atoms with E-state index in [4.69, 9.17) is 5.11 Å². The molecular weight excluding hydrogens is 202 g/mol. The number of carboxylic acids is 1. The second-order valence-corrected chi connectivity index (χ2v) is 4.05. The average molecular weight is 213 g/mol. The Balaban J connectivity index is 2.20. The maximum Gasteiger partial charge on any atom is 0.333 e. The monoisotopic (exact) mass is 213 g/mol. The van der Waals surface area contributed by atoms with Crippen molar-refractivity contribution in [1.29, 1.82) is 0 Å². The van der Waals surface area contributed by atoms with Gasteiger partial charge >= 0.3 is 5.97 Å².